The number of rotatable bonds is 8. The van der Waals surface area contributed by atoms with Crippen LogP contribution in [-0.4, -0.2) is 31.4 Å². The van der Waals surface area contributed by atoms with Crippen LogP contribution in [0.4, 0.5) is 0 Å². The Morgan fingerprint density at radius 2 is 1.78 bits per heavy atom. The number of nitrogens with one attached hydrogen (secondary N) is 1. The summed E-state index contributed by atoms with van der Waals surface area (Å²) in [6, 6.07) is 4.25. The zero-order valence-electron chi connectivity index (χ0n) is 11.8. The molecule has 18 heavy (non-hydrogen) atoms. The van der Waals surface area contributed by atoms with E-state index in [4.69, 9.17) is 9.84 Å². The SMILES string of the molecule is Cc1ccc(C)c(OCCCCNCCO)c1C. The molecule has 3 heteroatoms. The van der Waals surface area contributed by atoms with E-state index in [0.29, 0.717) is 6.54 Å². The van der Waals surface area contributed by atoms with Crippen molar-refractivity contribution in [1.29, 1.82) is 0 Å². The zero-order valence-corrected chi connectivity index (χ0v) is 11.8. The van der Waals surface area contributed by atoms with Crippen LogP contribution in [0.2, 0.25) is 0 Å². The van der Waals surface area contributed by atoms with Crippen LogP contribution in [-0.2, 0) is 0 Å². The molecule has 0 unspecified atom stereocenters. The number of benzene rings is 1. The molecule has 0 radical (unpaired) electrons. The van der Waals surface area contributed by atoms with Gasteiger partial charge in [0.05, 0.1) is 13.2 Å². The Hall–Kier alpha value is -1.06. The number of unbranched alkanes of at least 4 members (excludes halogenated alkanes) is 1. The van der Waals surface area contributed by atoms with Crippen LogP contribution >= 0.6 is 0 Å². The van der Waals surface area contributed by atoms with E-state index in [2.05, 4.69) is 38.2 Å². The summed E-state index contributed by atoms with van der Waals surface area (Å²) in [4.78, 5) is 0. The zero-order chi connectivity index (χ0) is 13.4. The number of aliphatic hydroxyl groups is 1. The van der Waals surface area contributed by atoms with E-state index in [1.54, 1.807) is 0 Å². The summed E-state index contributed by atoms with van der Waals surface area (Å²) in [6.45, 7) is 8.89. The molecule has 0 saturated carbocycles. The van der Waals surface area contributed by atoms with Crippen molar-refractivity contribution in [2.45, 2.75) is 33.6 Å². The van der Waals surface area contributed by atoms with E-state index in [0.717, 1.165) is 31.7 Å². The third kappa shape index (κ3) is 4.67. The van der Waals surface area contributed by atoms with Gasteiger partial charge in [-0.3, -0.25) is 0 Å². The first-order valence-electron chi connectivity index (χ1n) is 6.68. The van der Waals surface area contributed by atoms with Crippen molar-refractivity contribution in [2.24, 2.45) is 0 Å². The Bertz CT molecular complexity index is 364. The van der Waals surface area contributed by atoms with Gasteiger partial charge in [-0.25, -0.2) is 0 Å². The maximum absolute atomic E-state index is 8.62. The average molecular weight is 251 g/mol. The van der Waals surface area contributed by atoms with Crippen LogP contribution in [0.1, 0.15) is 29.5 Å². The molecule has 1 aromatic carbocycles. The first-order valence-corrected chi connectivity index (χ1v) is 6.68. The van der Waals surface area contributed by atoms with E-state index in [1.807, 2.05) is 0 Å². The molecule has 0 saturated heterocycles. The summed E-state index contributed by atoms with van der Waals surface area (Å²) in [5, 5.41) is 11.8. The number of aryl methyl sites for hydroxylation is 2. The van der Waals surface area contributed by atoms with Gasteiger partial charge in [0.25, 0.3) is 0 Å². The molecule has 0 bridgehead atoms. The molecule has 1 aromatic rings. The summed E-state index contributed by atoms with van der Waals surface area (Å²) in [5.41, 5.74) is 3.73. The Balaban J connectivity index is 2.29. The quantitative estimate of drug-likeness (QED) is 0.697. The van der Waals surface area contributed by atoms with Crippen LogP contribution in [0, 0.1) is 20.8 Å². The van der Waals surface area contributed by atoms with E-state index in [-0.39, 0.29) is 6.61 Å². The smallest absolute Gasteiger partial charge is 0.125 e. The highest BCUT2D eigenvalue weighted by molar-refractivity contribution is 5.44. The minimum Gasteiger partial charge on any atom is -0.493 e. The standard InChI is InChI=1S/C15H25NO2/c1-12-6-7-13(2)15(14(12)3)18-11-5-4-8-16-9-10-17/h6-7,16-17H,4-5,8-11H2,1-3H3. The molecule has 0 aliphatic rings. The molecule has 0 fully saturated rings. The van der Waals surface area contributed by atoms with Gasteiger partial charge in [0.15, 0.2) is 0 Å². The lowest BCUT2D eigenvalue weighted by Crippen LogP contribution is -2.19. The number of hydrogen-bond donors (Lipinski definition) is 2. The summed E-state index contributed by atoms with van der Waals surface area (Å²) in [6.07, 6.45) is 2.11. The fourth-order valence-electron chi connectivity index (χ4n) is 1.88. The van der Waals surface area contributed by atoms with E-state index in [9.17, 15) is 0 Å². The lowest BCUT2D eigenvalue weighted by Gasteiger charge is -2.13. The van der Waals surface area contributed by atoms with E-state index in [1.165, 1.54) is 16.7 Å². The maximum atomic E-state index is 8.62. The second kappa shape index (κ2) is 8.11. The second-order valence-electron chi connectivity index (χ2n) is 4.68. The number of hydrogen-bond acceptors (Lipinski definition) is 3. The minimum atomic E-state index is 0.207. The monoisotopic (exact) mass is 251 g/mol. The van der Waals surface area contributed by atoms with Crippen molar-refractivity contribution in [2.75, 3.05) is 26.3 Å². The molecule has 2 N–H and O–H groups in total. The van der Waals surface area contributed by atoms with Gasteiger partial charge in [-0.15, -0.1) is 0 Å². The predicted octanol–water partition coefficient (Wildman–Crippen LogP) is 2.35. The van der Waals surface area contributed by atoms with Crippen molar-refractivity contribution < 1.29 is 9.84 Å². The Labute approximate surface area is 110 Å². The first-order chi connectivity index (χ1) is 8.66. The van der Waals surface area contributed by atoms with Gasteiger partial charge in [-0.1, -0.05) is 12.1 Å². The molecule has 0 atom stereocenters. The summed E-state index contributed by atoms with van der Waals surface area (Å²) in [7, 11) is 0. The highest BCUT2D eigenvalue weighted by Crippen LogP contribution is 2.25. The van der Waals surface area contributed by atoms with Gasteiger partial charge < -0.3 is 15.2 Å². The highest BCUT2D eigenvalue weighted by atomic mass is 16.5. The van der Waals surface area contributed by atoms with E-state index < -0.39 is 0 Å². The van der Waals surface area contributed by atoms with Crippen molar-refractivity contribution >= 4 is 0 Å². The Kier molecular flexibility index (Phi) is 6.76. The predicted molar refractivity (Wildman–Crippen MR) is 75.3 cm³/mol. The Morgan fingerprint density at radius 3 is 2.50 bits per heavy atom. The van der Waals surface area contributed by atoms with Gasteiger partial charge in [0.2, 0.25) is 0 Å². The molecule has 0 aliphatic carbocycles. The van der Waals surface area contributed by atoms with Crippen LogP contribution in [0.25, 0.3) is 0 Å². The molecule has 0 aliphatic heterocycles. The van der Waals surface area contributed by atoms with Crippen molar-refractivity contribution in [3.05, 3.63) is 28.8 Å². The topological polar surface area (TPSA) is 41.5 Å². The molecule has 0 aromatic heterocycles. The highest BCUT2D eigenvalue weighted by Gasteiger charge is 2.05. The molecule has 0 heterocycles. The normalized spacial score (nSPS) is 10.7. The maximum Gasteiger partial charge on any atom is 0.125 e. The number of ether oxygens (including phenoxy) is 1. The molecular weight excluding hydrogens is 226 g/mol. The Morgan fingerprint density at radius 1 is 1.06 bits per heavy atom. The fraction of sp³-hybridized carbons (Fsp3) is 0.600. The van der Waals surface area contributed by atoms with Gasteiger partial charge in [-0.2, -0.15) is 0 Å². The van der Waals surface area contributed by atoms with Crippen LogP contribution in [0.3, 0.4) is 0 Å². The molecule has 3 nitrogen and oxygen atoms in total. The average Bonchev–Trinajstić information content (AvgIpc) is 2.36. The van der Waals surface area contributed by atoms with Gasteiger partial charge >= 0.3 is 0 Å². The van der Waals surface area contributed by atoms with Crippen LogP contribution < -0.4 is 10.1 Å². The van der Waals surface area contributed by atoms with E-state index >= 15 is 0 Å². The van der Waals surface area contributed by atoms with Crippen molar-refractivity contribution in [1.82, 2.24) is 5.32 Å². The molecule has 1 rings (SSSR count). The molecule has 0 spiro atoms. The molecule has 0 amide bonds. The summed E-state index contributed by atoms with van der Waals surface area (Å²) >= 11 is 0. The van der Waals surface area contributed by atoms with Gasteiger partial charge in [0.1, 0.15) is 5.75 Å². The summed E-state index contributed by atoms with van der Waals surface area (Å²) < 4.78 is 5.88. The number of aliphatic hydroxyl groups excluding tert-OH is 1. The van der Waals surface area contributed by atoms with Gasteiger partial charge in [0, 0.05) is 6.54 Å². The van der Waals surface area contributed by atoms with Crippen molar-refractivity contribution in [3.8, 4) is 5.75 Å². The molecule has 102 valence electrons. The van der Waals surface area contributed by atoms with Crippen LogP contribution in [0.5, 0.6) is 5.75 Å². The largest absolute Gasteiger partial charge is 0.493 e. The van der Waals surface area contributed by atoms with Gasteiger partial charge in [-0.05, 0) is 56.8 Å². The third-order valence-corrected chi connectivity index (χ3v) is 3.16. The third-order valence-electron chi connectivity index (χ3n) is 3.16. The van der Waals surface area contributed by atoms with Crippen LogP contribution in [0.15, 0.2) is 12.1 Å². The van der Waals surface area contributed by atoms with Crippen molar-refractivity contribution in [3.63, 3.8) is 0 Å². The first kappa shape index (κ1) is 15.0. The lowest BCUT2D eigenvalue weighted by molar-refractivity contribution is 0.285. The fourth-order valence-corrected chi connectivity index (χ4v) is 1.88. The summed E-state index contributed by atoms with van der Waals surface area (Å²) in [5.74, 6) is 1.04. The molecular formula is C15H25NO2. The minimum absolute atomic E-state index is 0.207. The second-order valence-corrected chi connectivity index (χ2v) is 4.68. The lowest BCUT2D eigenvalue weighted by atomic mass is 10.1.